The molecule has 4 nitrogen and oxygen atoms in total. The van der Waals surface area contributed by atoms with Crippen LogP contribution in [0.25, 0.3) is 89.1 Å². The predicted molar refractivity (Wildman–Crippen MR) is 215 cm³/mol. The predicted octanol–water partition coefficient (Wildman–Crippen LogP) is 12.2. The Kier molecular flexibility index (Phi) is 7.10. The molecule has 244 valence electrons. The molecule has 0 aliphatic heterocycles. The smallest absolute Gasteiger partial charge is 0.145 e. The minimum absolute atomic E-state index is 0.905. The van der Waals surface area contributed by atoms with Crippen molar-refractivity contribution in [3.63, 3.8) is 0 Å². The van der Waals surface area contributed by atoms with Crippen LogP contribution < -0.4 is 0 Å². The highest BCUT2D eigenvalue weighted by Crippen LogP contribution is 2.37. The zero-order chi connectivity index (χ0) is 34.4. The van der Waals surface area contributed by atoms with Crippen LogP contribution in [-0.4, -0.2) is 19.1 Å². The van der Waals surface area contributed by atoms with Gasteiger partial charge in [0.15, 0.2) is 0 Å². The third-order valence-corrected chi connectivity index (χ3v) is 9.98. The van der Waals surface area contributed by atoms with E-state index in [1.165, 1.54) is 21.8 Å². The van der Waals surface area contributed by atoms with Gasteiger partial charge in [0.05, 0.1) is 27.8 Å². The highest BCUT2D eigenvalue weighted by Gasteiger charge is 2.17. The van der Waals surface area contributed by atoms with E-state index < -0.39 is 0 Å². The lowest BCUT2D eigenvalue weighted by molar-refractivity contribution is 1.10. The first-order valence-corrected chi connectivity index (χ1v) is 17.6. The standard InChI is InChI=1S/C48H32N4/c1-2-12-39(13-3-1)52-47-20-9-6-17-44(47)50-48(52)38-31-36(33-21-23-35(24-22-33)43-16-10-11-29-49-43)30-37(32-38)34-25-27-40(28-26-34)51-45-18-7-4-14-41(45)42-15-5-8-19-46(42)51/h1-32H. The molecular weight excluding hydrogens is 633 g/mol. The average molecular weight is 665 g/mol. The number of nitrogens with zero attached hydrogens (tertiary/aromatic N) is 4. The lowest BCUT2D eigenvalue weighted by atomic mass is 9.95. The lowest BCUT2D eigenvalue weighted by Gasteiger charge is -2.14. The van der Waals surface area contributed by atoms with Crippen molar-refractivity contribution in [2.45, 2.75) is 0 Å². The van der Waals surface area contributed by atoms with E-state index in [1.54, 1.807) is 0 Å². The third-order valence-electron chi connectivity index (χ3n) is 9.98. The Hall–Kier alpha value is -7.04. The molecule has 4 heteroatoms. The molecule has 0 unspecified atom stereocenters. The SMILES string of the molecule is c1ccc(-n2c(-c3cc(-c4ccc(-c5ccccn5)cc4)cc(-c4ccc(-n5c6ccccc6c6ccccc65)cc4)c3)nc3ccccc32)cc1. The normalized spacial score (nSPS) is 11.5. The number of imidazole rings is 1. The number of fused-ring (bicyclic) bond motifs is 4. The van der Waals surface area contributed by atoms with E-state index in [2.05, 4.69) is 184 Å². The maximum Gasteiger partial charge on any atom is 0.145 e. The Morgan fingerprint density at radius 3 is 1.52 bits per heavy atom. The molecule has 52 heavy (non-hydrogen) atoms. The van der Waals surface area contributed by atoms with Gasteiger partial charge >= 0.3 is 0 Å². The Labute approximate surface area is 301 Å². The van der Waals surface area contributed by atoms with Crippen molar-refractivity contribution >= 4 is 32.8 Å². The zero-order valence-corrected chi connectivity index (χ0v) is 28.3. The van der Waals surface area contributed by atoms with E-state index in [-0.39, 0.29) is 0 Å². The van der Waals surface area contributed by atoms with Crippen molar-refractivity contribution in [1.29, 1.82) is 0 Å². The highest BCUT2D eigenvalue weighted by molar-refractivity contribution is 6.09. The number of rotatable bonds is 6. The van der Waals surface area contributed by atoms with Gasteiger partial charge in [0.25, 0.3) is 0 Å². The van der Waals surface area contributed by atoms with Gasteiger partial charge in [-0.05, 0) is 101 Å². The van der Waals surface area contributed by atoms with Crippen molar-refractivity contribution in [2.24, 2.45) is 0 Å². The molecule has 7 aromatic carbocycles. The molecule has 0 saturated heterocycles. The fourth-order valence-corrected chi connectivity index (χ4v) is 7.52. The molecule has 0 spiro atoms. The monoisotopic (exact) mass is 664 g/mol. The average Bonchev–Trinajstić information content (AvgIpc) is 3.78. The molecule has 0 fully saturated rings. The molecular formula is C48H32N4. The first kappa shape index (κ1) is 29.8. The van der Waals surface area contributed by atoms with Crippen molar-refractivity contribution < 1.29 is 0 Å². The van der Waals surface area contributed by atoms with Crippen molar-refractivity contribution in [2.75, 3.05) is 0 Å². The summed E-state index contributed by atoms with van der Waals surface area (Å²) in [6.45, 7) is 0. The van der Waals surface area contributed by atoms with Crippen LogP contribution in [0.15, 0.2) is 194 Å². The summed E-state index contributed by atoms with van der Waals surface area (Å²) < 4.78 is 4.63. The quantitative estimate of drug-likeness (QED) is 0.177. The molecule has 0 aliphatic rings. The van der Waals surface area contributed by atoms with Crippen molar-refractivity contribution in [3.8, 4) is 56.3 Å². The number of pyridine rings is 1. The molecule has 0 radical (unpaired) electrons. The van der Waals surface area contributed by atoms with E-state index in [9.17, 15) is 0 Å². The van der Waals surface area contributed by atoms with Gasteiger partial charge in [-0.2, -0.15) is 0 Å². The second kappa shape index (κ2) is 12.4. The molecule has 3 aromatic heterocycles. The second-order valence-corrected chi connectivity index (χ2v) is 13.1. The fourth-order valence-electron chi connectivity index (χ4n) is 7.52. The second-order valence-electron chi connectivity index (χ2n) is 13.1. The molecule has 0 N–H and O–H groups in total. The molecule has 3 heterocycles. The van der Waals surface area contributed by atoms with Gasteiger partial charge in [-0.25, -0.2) is 4.98 Å². The maximum absolute atomic E-state index is 5.24. The first-order valence-electron chi connectivity index (χ1n) is 17.6. The van der Waals surface area contributed by atoms with Gasteiger partial charge in [-0.1, -0.05) is 109 Å². The van der Waals surface area contributed by atoms with Crippen LogP contribution in [0, 0.1) is 0 Å². The Bertz CT molecular complexity index is 2810. The minimum atomic E-state index is 0.905. The van der Waals surface area contributed by atoms with E-state index >= 15 is 0 Å². The van der Waals surface area contributed by atoms with E-state index in [4.69, 9.17) is 4.98 Å². The van der Waals surface area contributed by atoms with Crippen molar-refractivity contribution in [1.82, 2.24) is 19.1 Å². The number of hydrogen-bond donors (Lipinski definition) is 0. The van der Waals surface area contributed by atoms with Crippen LogP contribution in [0.3, 0.4) is 0 Å². The summed E-state index contributed by atoms with van der Waals surface area (Å²) in [5.41, 5.74) is 14.3. The number of para-hydroxylation sites is 5. The topological polar surface area (TPSA) is 35.6 Å². The summed E-state index contributed by atoms with van der Waals surface area (Å²) >= 11 is 0. The summed E-state index contributed by atoms with van der Waals surface area (Å²) in [5.74, 6) is 0.905. The number of benzene rings is 7. The van der Waals surface area contributed by atoms with Crippen LogP contribution in [0.1, 0.15) is 0 Å². The maximum atomic E-state index is 5.24. The number of aromatic nitrogens is 4. The van der Waals surface area contributed by atoms with Crippen LogP contribution in [0.5, 0.6) is 0 Å². The molecule has 0 amide bonds. The van der Waals surface area contributed by atoms with Gasteiger partial charge in [-0.15, -0.1) is 0 Å². The van der Waals surface area contributed by atoms with Crippen LogP contribution in [0.2, 0.25) is 0 Å². The van der Waals surface area contributed by atoms with Gasteiger partial charge in [0, 0.05) is 39.5 Å². The lowest BCUT2D eigenvalue weighted by Crippen LogP contribution is -1.98. The van der Waals surface area contributed by atoms with Crippen LogP contribution >= 0.6 is 0 Å². The summed E-state index contributed by atoms with van der Waals surface area (Å²) in [7, 11) is 0. The van der Waals surface area contributed by atoms with Gasteiger partial charge < -0.3 is 4.57 Å². The zero-order valence-electron chi connectivity index (χ0n) is 28.3. The Balaban J connectivity index is 1.14. The fraction of sp³-hybridized carbons (Fsp3) is 0. The summed E-state index contributed by atoms with van der Waals surface area (Å²) in [6.07, 6.45) is 1.84. The largest absolute Gasteiger partial charge is 0.309 e. The van der Waals surface area contributed by atoms with Crippen LogP contribution in [-0.2, 0) is 0 Å². The first-order chi connectivity index (χ1) is 25.8. The third kappa shape index (κ3) is 5.09. The number of hydrogen-bond acceptors (Lipinski definition) is 2. The summed E-state index contributed by atoms with van der Waals surface area (Å²) in [5, 5.41) is 2.52. The molecule has 0 aliphatic carbocycles. The molecule has 0 atom stereocenters. The molecule has 10 rings (SSSR count). The minimum Gasteiger partial charge on any atom is -0.309 e. The van der Waals surface area contributed by atoms with Gasteiger partial charge in [-0.3, -0.25) is 9.55 Å². The van der Waals surface area contributed by atoms with Crippen molar-refractivity contribution in [3.05, 3.63) is 194 Å². The Morgan fingerprint density at radius 1 is 0.346 bits per heavy atom. The molecule has 0 bridgehead atoms. The van der Waals surface area contributed by atoms with E-state index in [0.29, 0.717) is 0 Å². The van der Waals surface area contributed by atoms with E-state index in [1.807, 2.05) is 24.4 Å². The Morgan fingerprint density at radius 2 is 0.865 bits per heavy atom. The molecule has 10 aromatic rings. The summed E-state index contributed by atoms with van der Waals surface area (Å²) in [4.78, 5) is 9.80. The summed E-state index contributed by atoms with van der Waals surface area (Å²) in [6, 6.07) is 66.7. The van der Waals surface area contributed by atoms with Gasteiger partial charge in [0.1, 0.15) is 5.82 Å². The van der Waals surface area contributed by atoms with E-state index in [0.717, 1.165) is 67.3 Å². The van der Waals surface area contributed by atoms with Gasteiger partial charge in [0.2, 0.25) is 0 Å². The highest BCUT2D eigenvalue weighted by atomic mass is 15.1. The van der Waals surface area contributed by atoms with Crippen LogP contribution in [0.4, 0.5) is 0 Å². The molecule has 0 saturated carbocycles.